The van der Waals surface area contributed by atoms with E-state index in [0.717, 1.165) is 5.69 Å². The number of fused-ring (bicyclic) bond motifs is 1. The second-order valence-corrected chi connectivity index (χ2v) is 4.46. The van der Waals surface area contributed by atoms with Gasteiger partial charge >= 0.3 is 6.09 Å². The Labute approximate surface area is 119 Å². The lowest BCUT2D eigenvalue weighted by molar-refractivity contribution is 0.139. The minimum absolute atomic E-state index is 0.0771. The Bertz CT molecular complexity index is 711. The molecule has 0 radical (unpaired) electrons. The van der Waals surface area contributed by atoms with Crippen molar-refractivity contribution in [3.05, 3.63) is 53.8 Å². The van der Waals surface area contributed by atoms with Crippen LogP contribution in [0.1, 0.15) is 5.69 Å². The van der Waals surface area contributed by atoms with E-state index in [-0.39, 0.29) is 6.61 Å². The maximum absolute atomic E-state index is 11.9. The van der Waals surface area contributed by atoms with E-state index in [2.05, 4.69) is 15.0 Å². The van der Waals surface area contributed by atoms with E-state index in [1.165, 1.54) is 17.1 Å². The molecule has 7 heteroatoms. The van der Waals surface area contributed by atoms with Crippen LogP contribution in [0.2, 0.25) is 5.02 Å². The monoisotopic (exact) mass is 288 g/mol. The zero-order valence-corrected chi connectivity index (χ0v) is 11.0. The second kappa shape index (κ2) is 5.26. The van der Waals surface area contributed by atoms with E-state index < -0.39 is 6.09 Å². The van der Waals surface area contributed by atoms with Crippen LogP contribution in [0.4, 0.5) is 4.79 Å². The summed E-state index contributed by atoms with van der Waals surface area (Å²) in [5, 5.41) is 0.537. The highest BCUT2D eigenvalue weighted by Crippen LogP contribution is 2.15. The summed E-state index contributed by atoms with van der Waals surface area (Å²) < 4.78 is 6.46. The standard InChI is InChI=1S/C13H9ClN4O2/c14-9-1-2-10(15-5-9)7-20-13(19)18-4-3-11-12(6-18)17-8-16-11/h1-6,8H,7H2. The zero-order valence-electron chi connectivity index (χ0n) is 10.2. The Hall–Kier alpha value is -2.47. The maximum Gasteiger partial charge on any atom is 0.418 e. The highest BCUT2D eigenvalue weighted by atomic mass is 35.5. The first-order chi connectivity index (χ1) is 9.72. The van der Waals surface area contributed by atoms with Crippen LogP contribution >= 0.6 is 11.6 Å². The van der Waals surface area contributed by atoms with Crippen molar-refractivity contribution in [1.29, 1.82) is 0 Å². The summed E-state index contributed by atoms with van der Waals surface area (Å²) in [5.41, 5.74) is 1.99. The number of rotatable bonds is 2. The summed E-state index contributed by atoms with van der Waals surface area (Å²) >= 11 is 5.73. The summed E-state index contributed by atoms with van der Waals surface area (Å²) in [5.74, 6) is 0. The fourth-order valence-electron chi connectivity index (χ4n) is 1.65. The van der Waals surface area contributed by atoms with E-state index in [4.69, 9.17) is 16.3 Å². The molecular formula is C13H9ClN4O2. The van der Waals surface area contributed by atoms with Gasteiger partial charge in [-0.25, -0.2) is 14.8 Å². The van der Waals surface area contributed by atoms with Crippen molar-refractivity contribution < 1.29 is 9.53 Å². The van der Waals surface area contributed by atoms with E-state index in [9.17, 15) is 4.79 Å². The molecule has 0 amide bonds. The molecule has 0 saturated heterocycles. The van der Waals surface area contributed by atoms with E-state index >= 15 is 0 Å². The molecule has 0 aliphatic carbocycles. The van der Waals surface area contributed by atoms with Gasteiger partial charge in [-0.1, -0.05) is 11.6 Å². The van der Waals surface area contributed by atoms with Gasteiger partial charge in [0.1, 0.15) is 18.6 Å². The number of imidazole rings is 1. The smallest absolute Gasteiger partial charge is 0.418 e. The van der Waals surface area contributed by atoms with Gasteiger partial charge in [0.15, 0.2) is 0 Å². The summed E-state index contributed by atoms with van der Waals surface area (Å²) in [6, 6.07) is 5.09. The van der Waals surface area contributed by atoms with Crippen molar-refractivity contribution >= 4 is 17.7 Å². The van der Waals surface area contributed by atoms with Crippen LogP contribution < -0.4 is 0 Å². The lowest BCUT2D eigenvalue weighted by atomic mass is 10.3. The summed E-state index contributed by atoms with van der Waals surface area (Å²) in [4.78, 5) is 24.0. The lowest BCUT2D eigenvalue weighted by Crippen LogP contribution is -2.14. The normalized spacial score (nSPS) is 10.7. The number of ether oxygens (including phenoxy) is 1. The van der Waals surface area contributed by atoms with Crippen molar-refractivity contribution in [1.82, 2.24) is 19.5 Å². The average Bonchev–Trinajstić information content (AvgIpc) is 2.93. The topological polar surface area (TPSA) is 69.9 Å². The molecule has 1 aromatic heterocycles. The molecule has 3 heterocycles. The van der Waals surface area contributed by atoms with Crippen molar-refractivity contribution in [2.45, 2.75) is 6.61 Å². The van der Waals surface area contributed by atoms with Crippen molar-refractivity contribution in [3.8, 4) is 11.4 Å². The molecule has 3 rings (SSSR count). The zero-order chi connectivity index (χ0) is 13.9. The molecule has 2 aliphatic rings. The van der Waals surface area contributed by atoms with Crippen LogP contribution in [-0.2, 0) is 11.3 Å². The Morgan fingerprint density at radius 3 is 2.85 bits per heavy atom. The van der Waals surface area contributed by atoms with Gasteiger partial charge in [0.25, 0.3) is 0 Å². The minimum atomic E-state index is -0.508. The number of carbonyl (C=O) groups is 1. The van der Waals surface area contributed by atoms with Gasteiger partial charge < -0.3 is 4.74 Å². The lowest BCUT2D eigenvalue weighted by Gasteiger charge is -2.07. The number of aromatic nitrogens is 4. The molecule has 0 spiro atoms. The number of nitrogens with zero attached hydrogens (tertiary/aromatic N) is 4. The Kier molecular flexibility index (Phi) is 3.30. The first-order valence-corrected chi connectivity index (χ1v) is 6.16. The number of hydrogen-bond acceptors (Lipinski definition) is 5. The third-order valence-electron chi connectivity index (χ3n) is 2.65. The molecule has 0 saturated carbocycles. The van der Waals surface area contributed by atoms with Crippen LogP contribution in [0.3, 0.4) is 0 Å². The fraction of sp³-hybridized carbons (Fsp3) is 0.0769. The summed E-state index contributed by atoms with van der Waals surface area (Å²) in [7, 11) is 0. The van der Waals surface area contributed by atoms with Gasteiger partial charge in [-0.15, -0.1) is 0 Å². The van der Waals surface area contributed by atoms with Crippen LogP contribution in [0.15, 0.2) is 43.1 Å². The highest BCUT2D eigenvalue weighted by Gasteiger charge is 2.10. The fourth-order valence-corrected chi connectivity index (χ4v) is 1.77. The van der Waals surface area contributed by atoms with Gasteiger partial charge in [0.05, 0.1) is 16.4 Å². The van der Waals surface area contributed by atoms with Gasteiger partial charge in [0, 0.05) is 18.6 Å². The number of pyridine rings is 2. The maximum atomic E-state index is 11.9. The number of hydrogen-bond donors (Lipinski definition) is 0. The Balaban J connectivity index is 1.70. The van der Waals surface area contributed by atoms with Crippen LogP contribution in [0.25, 0.3) is 11.4 Å². The van der Waals surface area contributed by atoms with Crippen molar-refractivity contribution in [3.63, 3.8) is 0 Å². The molecule has 0 N–H and O–H groups in total. The summed E-state index contributed by atoms with van der Waals surface area (Å²) in [6.45, 7) is 0.0771. The Morgan fingerprint density at radius 1 is 1.20 bits per heavy atom. The SMILES string of the molecule is O=C(OCc1ccc(Cl)cn1)n1ccc2ncnc-2c1. The van der Waals surface area contributed by atoms with Crippen molar-refractivity contribution in [2.24, 2.45) is 0 Å². The molecule has 100 valence electrons. The highest BCUT2D eigenvalue weighted by molar-refractivity contribution is 6.30. The summed E-state index contributed by atoms with van der Waals surface area (Å²) in [6.07, 6.45) is 5.59. The van der Waals surface area contributed by atoms with E-state index in [1.54, 1.807) is 30.6 Å². The predicted octanol–water partition coefficient (Wildman–Crippen LogP) is 2.62. The largest absolute Gasteiger partial charge is 0.442 e. The molecule has 0 fully saturated rings. The molecule has 0 atom stereocenters. The van der Waals surface area contributed by atoms with Gasteiger partial charge in [-0.3, -0.25) is 9.55 Å². The third kappa shape index (κ3) is 2.60. The molecular weight excluding hydrogens is 280 g/mol. The molecule has 0 unspecified atom stereocenters. The Morgan fingerprint density at radius 2 is 2.05 bits per heavy atom. The second-order valence-electron chi connectivity index (χ2n) is 4.02. The molecule has 20 heavy (non-hydrogen) atoms. The average molecular weight is 289 g/mol. The van der Waals surface area contributed by atoms with Crippen LogP contribution in [-0.4, -0.2) is 25.6 Å². The predicted molar refractivity (Wildman–Crippen MR) is 71.5 cm³/mol. The van der Waals surface area contributed by atoms with Gasteiger partial charge in [-0.2, -0.15) is 0 Å². The van der Waals surface area contributed by atoms with Gasteiger partial charge in [-0.05, 0) is 18.2 Å². The first-order valence-electron chi connectivity index (χ1n) is 5.78. The van der Waals surface area contributed by atoms with E-state index in [1.807, 2.05) is 0 Å². The molecule has 0 bridgehead atoms. The number of halogens is 1. The molecule has 1 aromatic rings. The molecule has 6 nitrogen and oxygen atoms in total. The quantitative estimate of drug-likeness (QED) is 0.725. The van der Waals surface area contributed by atoms with E-state index in [0.29, 0.717) is 16.4 Å². The van der Waals surface area contributed by atoms with Crippen LogP contribution in [0, 0.1) is 0 Å². The molecule has 2 aliphatic heterocycles. The van der Waals surface area contributed by atoms with Crippen molar-refractivity contribution in [2.75, 3.05) is 0 Å². The first kappa shape index (κ1) is 12.6. The van der Waals surface area contributed by atoms with Gasteiger partial charge in [0.2, 0.25) is 0 Å². The minimum Gasteiger partial charge on any atom is -0.442 e. The third-order valence-corrected chi connectivity index (χ3v) is 2.88. The van der Waals surface area contributed by atoms with Crippen LogP contribution in [0.5, 0.6) is 0 Å². The number of carbonyl (C=O) groups excluding carboxylic acids is 1. The molecule has 0 aromatic carbocycles.